The van der Waals surface area contributed by atoms with Gasteiger partial charge in [0.25, 0.3) is 11.8 Å². The van der Waals surface area contributed by atoms with Crippen molar-refractivity contribution in [2.75, 3.05) is 28.4 Å². The molecular formula is C29H26N6O5. The van der Waals surface area contributed by atoms with Crippen LogP contribution in [0.25, 0.3) is 0 Å². The number of phenols is 1. The van der Waals surface area contributed by atoms with Crippen LogP contribution in [0.3, 0.4) is 0 Å². The monoisotopic (exact) mass is 538 g/mol. The van der Waals surface area contributed by atoms with Crippen molar-refractivity contribution >= 4 is 46.4 Å². The summed E-state index contributed by atoms with van der Waals surface area (Å²) < 4.78 is 5.09. The van der Waals surface area contributed by atoms with Crippen LogP contribution in [0.15, 0.2) is 85.7 Å². The van der Waals surface area contributed by atoms with Crippen molar-refractivity contribution in [3.63, 3.8) is 0 Å². The Kier molecular flexibility index (Phi) is 8.35. The van der Waals surface area contributed by atoms with Crippen LogP contribution in [-0.4, -0.2) is 39.9 Å². The van der Waals surface area contributed by atoms with Gasteiger partial charge >= 0.3 is 0 Å². The van der Waals surface area contributed by atoms with E-state index in [-0.39, 0.29) is 23.2 Å². The summed E-state index contributed by atoms with van der Waals surface area (Å²) >= 11 is 0. The smallest absolute Gasteiger partial charge is 0.256 e. The number of anilines is 5. The number of aromatic hydroxyl groups is 1. The molecule has 0 aliphatic heterocycles. The van der Waals surface area contributed by atoms with Gasteiger partial charge in [0, 0.05) is 34.3 Å². The fraction of sp³-hybridized carbons (Fsp3) is 0.0690. The van der Waals surface area contributed by atoms with E-state index in [1.54, 1.807) is 49.4 Å². The molecule has 40 heavy (non-hydrogen) atoms. The molecule has 0 aliphatic rings. The largest absolute Gasteiger partial charge is 0.508 e. The third-order valence-corrected chi connectivity index (χ3v) is 5.61. The van der Waals surface area contributed by atoms with Crippen LogP contribution in [0.2, 0.25) is 0 Å². The number of carbonyl (C=O) groups excluding carboxylic acids is 3. The summed E-state index contributed by atoms with van der Waals surface area (Å²) in [5, 5.41) is 21.0. The maximum Gasteiger partial charge on any atom is 0.256 e. The van der Waals surface area contributed by atoms with Crippen LogP contribution in [-0.2, 0) is 4.79 Å². The summed E-state index contributed by atoms with van der Waals surface area (Å²) in [7, 11) is 1.43. The number of ether oxygens (including phenoxy) is 1. The summed E-state index contributed by atoms with van der Waals surface area (Å²) in [5.74, 6) is -0.703. The summed E-state index contributed by atoms with van der Waals surface area (Å²) in [4.78, 5) is 45.7. The molecule has 0 saturated heterocycles. The number of nitrogens with zero attached hydrogens (tertiary/aromatic N) is 2. The summed E-state index contributed by atoms with van der Waals surface area (Å²) in [6, 6.07) is 16.1. The van der Waals surface area contributed by atoms with Gasteiger partial charge in [0.1, 0.15) is 11.5 Å². The van der Waals surface area contributed by atoms with E-state index in [0.717, 1.165) is 0 Å². The van der Waals surface area contributed by atoms with Crippen molar-refractivity contribution in [1.82, 2.24) is 9.97 Å². The quantitative estimate of drug-likeness (QED) is 0.189. The number of hydrogen-bond acceptors (Lipinski definition) is 8. The van der Waals surface area contributed by atoms with E-state index in [2.05, 4.69) is 37.8 Å². The molecule has 0 saturated carbocycles. The molecule has 202 valence electrons. The Bertz CT molecular complexity index is 1590. The zero-order valence-electron chi connectivity index (χ0n) is 21.7. The van der Waals surface area contributed by atoms with E-state index < -0.39 is 11.8 Å². The summed E-state index contributed by atoms with van der Waals surface area (Å²) in [5.41, 5.74) is 3.21. The number of aromatic nitrogens is 2. The van der Waals surface area contributed by atoms with Crippen molar-refractivity contribution in [1.29, 1.82) is 0 Å². The Morgan fingerprint density at radius 3 is 2.27 bits per heavy atom. The Morgan fingerprint density at radius 2 is 1.55 bits per heavy atom. The molecule has 0 fully saturated rings. The molecule has 0 aliphatic carbocycles. The predicted molar refractivity (Wildman–Crippen MR) is 152 cm³/mol. The average Bonchev–Trinajstić information content (AvgIpc) is 2.94. The molecule has 0 atom stereocenters. The van der Waals surface area contributed by atoms with Crippen molar-refractivity contribution in [2.24, 2.45) is 0 Å². The van der Waals surface area contributed by atoms with Gasteiger partial charge in [-0.25, -0.2) is 9.97 Å². The number of nitrogens with one attached hydrogen (secondary N) is 4. The Hall–Kier alpha value is -5.71. The molecule has 0 radical (unpaired) electrons. The molecular weight excluding hydrogens is 512 g/mol. The second-order valence-electron chi connectivity index (χ2n) is 8.55. The molecule has 3 aromatic carbocycles. The fourth-order valence-corrected chi connectivity index (χ4v) is 3.63. The number of carbonyl (C=O) groups is 3. The SMILES string of the molecule is C=CC(=O)Nc1cccc(Nc2ncc(NC(=O)c3cc(NC(=O)c4cc(O)cc(OC)c4)ccc3C)cn2)c1. The Balaban J connectivity index is 1.42. The zero-order valence-corrected chi connectivity index (χ0v) is 21.7. The first-order valence-corrected chi connectivity index (χ1v) is 12.0. The van der Waals surface area contributed by atoms with E-state index in [0.29, 0.717) is 39.6 Å². The van der Waals surface area contributed by atoms with Crippen LogP contribution >= 0.6 is 0 Å². The highest BCUT2D eigenvalue weighted by Gasteiger charge is 2.14. The van der Waals surface area contributed by atoms with Gasteiger partial charge < -0.3 is 31.1 Å². The van der Waals surface area contributed by atoms with Gasteiger partial charge in [-0.1, -0.05) is 18.7 Å². The molecule has 4 rings (SSSR count). The number of rotatable bonds is 9. The molecule has 11 nitrogen and oxygen atoms in total. The topological polar surface area (TPSA) is 155 Å². The fourth-order valence-electron chi connectivity index (χ4n) is 3.63. The minimum absolute atomic E-state index is 0.109. The van der Waals surface area contributed by atoms with Crippen LogP contribution in [0.4, 0.5) is 28.7 Å². The first-order valence-electron chi connectivity index (χ1n) is 12.0. The van der Waals surface area contributed by atoms with Gasteiger partial charge in [0.15, 0.2) is 0 Å². The molecule has 3 amide bonds. The van der Waals surface area contributed by atoms with Crippen molar-refractivity contribution in [3.05, 3.63) is 102 Å². The van der Waals surface area contributed by atoms with Crippen molar-refractivity contribution < 1.29 is 24.2 Å². The van der Waals surface area contributed by atoms with Crippen LogP contribution < -0.4 is 26.0 Å². The van der Waals surface area contributed by atoms with E-state index in [9.17, 15) is 19.5 Å². The second kappa shape index (κ2) is 12.2. The minimum atomic E-state index is -0.477. The maximum atomic E-state index is 13.0. The average molecular weight is 539 g/mol. The number of hydrogen-bond donors (Lipinski definition) is 5. The Morgan fingerprint density at radius 1 is 0.850 bits per heavy atom. The lowest BCUT2D eigenvalue weighted by Crippen LogP contribution is -2.16. The number of methoxy groups -OCH3 is 1. The molecule has 4 aromatic rings. The van der Waals surface area contributed by atoms with Gasteiger partial charge in [-0.3, -0.25) is 14.4 Å². The molecule has 11 heteroatoms. The van der Waals surface area contributed by atoms with Gasteiger partial charge in [-0.2, -0.15) is 0 Å². The Labute approximate surface area is 229 Å². The molecule has 1 aromatic heterocycles. The maximum absolute atomic E-state index is 13.0. The highest BCUT2D eigenvalue weighted by molar-refractivity contribution is 6.08. The molecule has 1 heterocycles. The predicted octanol–water partition coefficient (Wildman–Crippen LogP) is 4.87. The number of amides is 3. The molecule has 0 spiro atoms. The van der Waals surface area contributed by atoms with Crippen molar-refractivity contribution in [2.45, 2.75) is 6.92 Å². The molecule has 0 unspecified atom stereocenters. The zero-order chi connectivity index (χ0) is 28.6. The number of phenolic OH excluding ortho intramolecular Hbond substituents is 1. The lowest BCUT2D eigenvalue weighted by molar-refractivity contribution is -0.111. The van der Waals surface area contributed by atoms with Crippen molar-refractivity contribution in [3.8, 4) is 11.5 Å². The molecule has 0 bridgehead atoms. The lowest BCUT2D eigenvalue weighted by atomic mass is 10.1. The lowest BCUT2D eigenvalue weighted by Gasteiger charge is -2.12. The van der Waals surface area contributed by atoms with Crippen LogP contribution in [0.1, 0.15) is 26.3 Å². The van der Waals surface area contributed by atoms with Crippen LogP contribution in [0, 0.1) is 6.92 Å². The second-order valence-corrected chi connectivity index (χ2v) is 8.55. The third kappa shape index (κ3) is 6.98. The van der Waals surface area contributed by atoms with Gasteiger partial charge in [-0.05, 0) is 61.0 Å². The standard InChI is InChI=1S/C29H26N6O5/c1-4-26(37)32-19-6-5-7-20(12-19)35-29-30-15-22(16-31-29)34-28(39)25-13-21(9-8-17(25)2)33-27(38)18-10-23(36)14-24(11-18)40-3/h4-16,36H,1H2,2-3H3,(H,32,37)(H,33,38)(H,34,39)(H,30,31,35). The minimum Gasteiger partial charge on any atom is -0.508 e. The summed E-state index contributed by atoms with van der Waals surface area (Å²) in [6.45, 7) is 5.20. The van der Waals surface area contributed by atoms with Crippen LogP contribution in [0.5, 0.6) is 11.5 Å². The van der Waals surface area contributed by atoms with E-state index >= 15 is 0 Å². The van der Waals surface area contributed by atoms with Gasteiger partial charge in [0.2, 0.25) is 11.9 Å². The summed E-state index contributed by atoms with van der Waals surface area (Å²) in [6.07, 6.45) is 4.08. The highest BCUT2D eigenvalue weighted by atomic mass is 16.5. The van der Waals surface area contributed by atoms with E-state index in [4.69, 9.17) is 4.74 Å². The van der Waals surface area contributed by atoms with E-state index in [1.807, 2.05) is 0 Å². The van der Waals surface area contributed by atoms with E-state index in [1.165, 1.54) is 43.8 Å². The first kappa shape index (κ1) is 27.3. The highest BCUT2D eigenvalue weighted by Crippen LogP contribution is 2.24. The number of aryl methyl sites for hydroxylation is 1. The van der Waals surface area contributed by atoms with Gasteiger partial charge in [0.05, 0.1) is 25.2 Å². The first-order chi connectivity index (χ1) is 19.2. The van der Waals surface area contributed by atoms with Gasteiger partial charge in [-0.15, -0.1) is 0 Å². The number of benzene rings is 3. The normalized spacial score (nSPS) is 10.2. The molecule has 5 N–H and O–H groups in total. The third-order valence-electron chi connectivity index (χ3n) is 5.61.